The molecule has 2 aromatic carbocycles. The Morgan fingerprint density at radius 1 is 1.02 bits per heavy atom. The Morgan fingerprint density at radius 2 is 1.71 bits per heavy atom. The summed E-state index contributed by atoms with van der Waals surface area (Å²) < 4.78 is 5.35. The fraction of sp³-hybridized carbons (Fsp3) is 0.424. The number of likely N-dealkylation sites (tertiary alicyclic amines) is 1. The van der Waals surface area contributed by atoms with Gasteiger partial charge in [-0.15, -0.1) is 0 Å². The second kappa shape index (κ2) is 18.1. The number of hydrogen-bond acceptors (Lipinski definition) is 6. The van der Waals surface area contributed by atoms with E-state index < -0.39 is 18.2 Å². The van der Waals surface area contributed by atoms with Gasteiger partial charge in [-0.25, -0.2) is 4.79 Å². The van der Waals surface area contributed by atoms with E-state index in [-0.39, 0.29) is 61.8 Å². The van der Waals surface area contributed by atoms with Gasteiger partial charge in [-0.1, -0.05) is 74.5 Å². The van der Waals surface area contributed by atoms with Crippen molar-refractivity contribution >= 4 is 35.9 Å². The summed E-state index contributed by atoms with van der Waals surface area (Å²) in [6.45, 7) is 4.82. The second-order valence-electron chi connectivity index (χ2n) is 11.2. The maximum atomic E-state index is 13.7. The number of alkyl carbamates (subject to hydrolysis) is 1. The number of carbonyl (C=O) groups excluding carboxylic acids is 4. The van der Waals surface area contributed by atoms with Crippen molar-refractivity contribution in [2.45, 2.75) is 64.3 Å². The first kappa shape index (κ1) is 34.6. The number of ether oxygens (including phenoxy) is 1. The van der Waals surface area contributed by atoms with Crippen LogP contribution in [0.1, 0.15) is 50.7 Å². The van der Waals surface area contributed by atoms with Crippen LogP contribution in [0.15, 0.2) is 71.7 Å². The quantitative estimate of drug-likeness (QED) is 0.0877. The molecule has 4 amide bonds. The second-order valence-corrected chi connectivity index (χ2v) is 11.2. The minimum atomic E-state index is -0.938. The topological polar surface area (TPSA) is 181 Å². The maximum absolute atomic E-state index is 13.7. The molecule has 3 atom stereocenters. The molecule has 2 aromatic rings. The van der Waals surface area contributed by atoms with Crippen LogP contribution in [0.2, 0.25) is 0 Å². The molecule has 0 spiro atoms. The van der Waals surface area contributed by atoms with Crippen molar-refractivity contribution in [2.24, 2.45) is 22.4 Å². The summed E-state index contributed by atoms with van der Waals surface area (Å²) in [5.41, 5.74) is 12.6. The first-order chi connectivity index (χ1) is 21.6. The number of carbonyl (C=O) groups is 4. The number of hydrogen-bond donors (Lipinski definition) is 5. The molecule has 0 radical (unpaired) electrons. The van der Waals surface area contributed by atoms with Gasteiger partial charge in [0.1, 0.15) is 18.7 Å². The third-order valence-corrected chi connectivity index (χ3v) is 7.44. The molecule has 0 aromatic heterocycles. The van der Waals surface area contributed by atoms with E-state index in [1.807, 2.05) is 74.5 Å². The third-order valence-electron chi connectivity index (χ3n) is 7.44. The molecule has 1 heterocycles. The number of aliphatic imine (C=N–C) groups is 1. The van der Waals surface area contributed by atoms with E-state index in [0.29, 0.717) is 25.8 Å². The van der Waals surface area contributed by atoms with Crippen molar-refractivity contribution in [1.29, 1.82) is 0 Å². The van der Waals surface area contributed by atoms with Crippen molar-refractivity contribution in [3.05, 3.63) is 77.9 Å². The third kappa shape index (κ3) is 12.0. The lowest BCUT2D eigenvalue weighted by Gasteiger charge is -2.30. The highest BCUT2D eigenvalue weighted by atomic mass is 16.5. The monoisotopic (exact) mass is 619 g/mol. The number of nitrogens with two attached hydrogens (primary N) is 2. The lowest BCUT2D eigenvalue weighted by molar-refractivity contribution is -0.140. The fourth-order valence-corrected chi connectivity index (χ4v) is 4.91. The van der Waals surface area contributed by atoms with Gasteiger partial charge in [-0.3, -0.25) is 19.4 Å². The predicted molar refractivity (Wildman–Crippen MR) is 173 cm³/mol. The van der Waals surface area contributed by atoms with Gasteiger partial charge in [0.25, 0.3) is 0 Å². The van der Waals surface area contributed by atoms with Gasteiger partial charge in [0.2, 0.25) is 17.7 Å². The van der Waals surface area contributed by atoms with Gasteiger partial charge in [0, 0.05) is 31.8 Å². The van der Waals surface area contributed by atoms with E-state index in [0.717, 1.165) is 11.1 Å². The largest absolute Gasteiger partial charge is 0.445 e. The smallest absolute Gasteiger partial charge is 0.408 e. The van der Waals surface area contributed by atoms with Crippen LogP contribution in [0.25, 0.3) is 6.08 Å². The Hall–Kier alpha value is -4.87. The number of guanidine groups is 1. The molecule has 0 aliphatic carbocycles. The van der Waals surface area contributed by atoms with E-state index in [1.54, 1.807) is 6.08 Å². The Morgan fingerprint density at radius 3 is 2.38 bits per heavy atom. The summed E-state index contributed by atoms with van der Waals surface area (Å²) in [6.07, 6.45) is 4.22. The highest BCUT2D eigenvalue weighted by Crippen LogP contribution is 2.20. The number of nitrogens with one attached hydrogen (secondary N) is 3. The molecule has 3 rings (SSSR count). The summed E-state index contributed by atoms with van der Waals surface area (Å²) in [7, 11) is 0. The van der Waals surface area contributed by atoms with E-state index in [9.17, 15) is 19.2 Å². The molecule has 12 heteroatoms. The minimum Gasteiger partial charge on any atom is -0.445 e. The molecule has 45 heavy (non-hydrogen) atoms. The molecule has 0 unspecified atom stereocenters. The summed E-state index contributed by atoms with van der Waals surface area (Å²) >= 11 is 0. The Kier molecular flexibility index (Phi) is 13.9. The molecule has 12 nitrogen and oxygen atoms in total. The van der Waals surface area contributed by atoms with Crippen LogP contribution in [0, 0.1) is 5.92 Å². The normalized spacial score (nSPS) is 15.7. The van der Waals surface area contributed by atoms with Gasteiger partial charge >= 0.3 is 6.09 Å². The van der Waals surface area contributed by atoms with E-state index in [4.69, 9.17) is 16.2 Å². The molecular formula is C33H45N7O5. The molecular weight excluding hydrogens is 574 g/mol. The standard InChI is InChI=1S/C33H45N7O5/c1-23(2)27(21-37-29(41)18-17-24-11-5-3-6-12-24)38-30(42)28-16-10-20-40(28)31(43)26(15-9-19-36-32(34)35)39-33(44)45-22-25-13-7-4-8-14-25/h3-8,11-14,17-18,23,26-28H,9-10,15-16,19-22H2,1-2H3,(H,37,41)(H,38,42)(H,39,44)(H4,34,35,36)/t26-,27+,28-/m0/s1. The molecule has 1 aliphatic heterocycles. The van der Waals surface area contributed by atoms with Gasteiger partial charge in [-0.2, -0.15) is 0 Å². The van der Waals surface area contributed by atoms with E-state index in [2.05, 4.69) is 20.9 Å². The Balaban J connectivity index is 1.61. The first-order valence-electron chi connectivity index (χ1n) is 15.3. The molecule has 1 aliphatic rings. The minimum absolute atomic E-state index is 0.0160. The number of amides is 4. The summed E-state index contributed by atoms with van der Waals surface area (Å²) in [4.78, 5) is 57.8. The zero-order valence-corrected chi connectivity index (χ0v) is 26.0. The van der Waals surface area contributed by atoms with Crippen LogP contribution in [-0.4, -0.2) is 72.4 Å². The number of nitrogens with zero attached hydrogens (tertiary/aromatic N) is 2. The first-order valence-corrected chi connectivity index (χ1v) is 15.3. The predicted octanol–water partition coefficient (Wildman–Crippen LogP) is 2.30. The SMILES string of the molecule is CC(C)[C@@H](CNC(=O)C=Cc1ccccc1)NC(=O)[C@@H]1CCCN1C(=O)[C@H](CCCN=C(N)N)NC(=O)OCc1ccccc1. The van der Waals surface area contributed by atoms with Gasteiger partial charge in [-0.05, 0) is 48.8 Å². The van der Waals surface area contributed by atoms with Crippen molar-refractivity contribution in [1.82, 2.24) is 20.9 Å². The van der Waals surface area contributed by atoms with Crippen molar-refractivity contribution < 1.29 is 23.9 Å². The molecule has 1 fully saturated rings. The van der Waals surface area contributed by atoms with Gasteiger partial charge in [0.05, 0.1) is 0 Å². The molecule has 0 bridgehead atoms. The summed E-state index contributed by atoms with van der Waals surface area (Å²) in [5.74, 6) is -1.01. The number of rotatable bonds is 15. The van der Waals surface area contributed by atoms with Crippen LogP contribution < -0.4 is 27.4 Å². The van der Waals surface area contributed by atoms with Crippen LogP contribution >= 0.6 is 0 Å². The lowest BCUT2D eigenvalue weighted by Crippen LogP contribution is -2.56. The number of benzene rings is 2. The zero-order valence-electron chi connectivity index (χ0n) is 26.0. The average molecular weight is 620 g/mol. The highest BCUT2D eigenvalue weighted by molar-refractivity contribution is 5.93. The van der Waals surface area contributed by atoms with Crippen molar-refractivity contribution in [3.63, 3.8) is 0 Å². The van der Waals surface area contributed by atoms with Gasteiger partial charge < -0.3 is 37.1 Å². The fourth-order valence-electron chi connectivity index (χ4n) is 4.91. The van der Waals surface area contributed by atoms with Crippen LogP contribution in [0.3, 0.4) is 0 Å². The van der Waals surface area contributed by atoms with E-state index >= 15 is 0 Å². The maximum Gasteiger partial charge on any atom is 0.408 e. The van der Waals surface area contributed by atoms with Crippen molar-refractivity contribution in [3.8, 4) is 0 Å². The summed E-state index contributed by atoms with van der Waals surface area (Å²) in [5, 5.41) is 8.56. The Labute approximate surface area is 264 Å². The van der Waals surface area contributed by atoms with Crippen LogP contribution in [-0.2, 0) is 25.7 Å². The zero-order chi connectivity index (χ0) is 32.6. The highest BCUT2D eigenvalue weighted by Gasteiger charge is 2.38. The molecule has 242 valence electrons. The Bertz CT molecular complexity index is 1310. The van der Waals surface area contributed by atoms with E-state index in [1.165, 1.54) is 11.0 Å². The molecule has 0 saturated carbocycles. The van der Waals surface area contributed by atoms with Crippen LogP contribution in [0.5, 0.6) is 0 Å². The lowest BCUT2D eigenvalue weighted by atomic mass is 10.0. The average Bonchev–Trinajstić information content (AvgIpc) is 3.53. The summed E-state index contributed by atoms with van der Waals surface area (Å²) in [6, 6.07) is 16.7. The molecule has 7 N–H and O–H groups in total. The van der Waals surface area contributed by atoms with Gasteiger partial charge in [0.15, 0.2) is 5.96 Å². The molecule has 1 saturated heterocycles. The van der Waals surface area contributed by atoms with Crippen molar-refractivity contribution in [2.75, 3.05) is 19.6 Å². The van der Waals surface area contributed by atoms with Crippen LogP contribution in [0.4, 0.5) is 4.79 Å².